The van der Waals surface area contributed by atoms with Crippen molar-refractivity contribution < 1.29 is 9.59 Å². The molecule has 4 N–H and O–H groups in total. The standard InChI is InChI=1S/C14H26N4O2/c1-11(2)7-15-9(19)13(5,17-11)14(6)10(20)16-8-12(3,4)18-14/h17-18H,7-8H2,1-6H3,(H,15,19)(H,16,20)/t13-,14-/m0/s1. The Morgan fingerprint density at radius 1 is 0.700 bits per heavy atom. The molecule has 20 heavy (non-hydrogen) atoms. The fourth-order valence-corrected chi connectivity index (χ4v) is 3.22. The minimum absolute atomic E-state index is 0.153. The van der Waals surface area contributed by atoms with E-state index in [1.54, 1.807) is 13.8 Å². The summed E-state index contributed by atoms with van der Waals surface area (Å²) in [6.07, 6.45) is 0. The smallest absolute Gasteiger partial charge is 0.242 e. The van der Waals surface area contributed by atoms with Gasteiger partial charge in [0, 0.05) is 24.2 Å². The van der Waals surface area contributed by atoms with Crippen molar-refractivity contribution in [3.8, 4) is 0 Å². The highest BCUT2D eigenvalue weighted by Gasteiger charge is 2.61. The second kappa shape index (κ2) is 4.18. The van der Waals surface area contributed by atoms with Crippen molar-refractivity contribution >= 4 is 11.8 Å². The molecule has 114 valence electrons. The molecule has 2 aliphatic rings. The third-order valence-electron chi connectivity index (χ3n) is 4.47. The fraction of sp³-hybridized carbons (Fsp3) is 0.857. The molecule has 2 rings (SSSR count). The van der Waals surface area contributed by atoms with Gasteiger partial charge >= 0.3 is 0 Å². The molecule has 0 aromatic carbocycles. The van der Waals surface area contributed by atoms with E-state index >= 15 is 0 Å². The summed E-state index contributed by atoms with van der Waals surface area (Å²) in [5, 5.41) is 12.5. The van der Waals surface area contributed by atoms with Crippen LogP contribution >= 0.6 is 0 Å². The first-order valence-electron chi connectivity index (χ1n) is 7.07. The molecule has 0 saturated carbocycles. The molecule has 2 heterocycles. The monoisotopic (exact) mass is 282 g/mol. The number of carbonyl (C=O) groups is 2. The van der Waals surface area contributed by atoms with Crippen LogP contribution in [0.5, 0.6) is 0 Å². The van der Waals surface area contributed by atoms with Crippen molar-refractivity contribution in [1.29, 1.82) is 0 Å². The van der Waals surface area contributed by atoms with Crippen molar-refractivity contribution in [2.75, 3.05) is 13.1 Å². The van der Waals surface area contributed by atoms with E-state index in [1.165, 1.54) is 0 Å². The van der Waals surface area contributed by atoms with Crippen LogP contribution in [0.2, 0.25) is 0 Å². The van der Waals surface area contributed by atoms with Crippen LogP contribution < -0.4 is 21.3 Å². The van der Waals surface area contributed by atoms with Crippen LogP contribution in [0, 0.1) is 0 Å². The number of rotatable bonds is 1. The first-order chi connectivity index (χ1) is 8.92. The summed E-state index contributed by atoms with van der Waals surface area (Å²) in [5.74, 6) is -0.306. The van der Waals surface area contributed by atoms with Gasteiger partial charge in [-0.3, -0.25) is 20.2 Å². The van der Waals surface area contributed by atoms with Gasteiger partial charge in [-0.25, -0.2) is 0 Å². The van der Waals surface area contributed by atoms with E-state index in [0.717, 1.165) is 0 Å². The van der Waals surface area contributed by atoms with Gasteiger partial charge in [0.1, 0.15) is 11.1 Å². The van der Waals surface area contributed by atoms with Crippen LogP contribution in [0.3, 0.4) is 0 Å². The molecule has 2 fully saturated rings. The van der Waals surface area contributed by atoms with Crippen LogP contribution in [-0.2, 0) is 9.59 Å². The predicted octanol–water partition coefficient (Wildman–Crippen LogP) is -0.500. The lowest BCUT2D eigenvalue weighted by Crippen LogP contribution is -2.86. The Morgan fingerprint density at radius 2 is 1.00 bits per heavy atom. The van der Waals surface area contributed by atoms with E-state index in [-0.39, 0.29) is 22.9 Å². The molecule has 2 amide bonds. The third kappa shape index (κ3) is 2.20. The summed E-state index contributed by atoms with van der Waals surface area (Å²) < 4.78 is 0. The lowest BCUT2D eigenvalue weighted by molar-refractivity contribution is -0.147. The number of carbonyl (C=O) groups excluding carboxylic acids is 2. The minimum Gasteiger partial charge on any atom is -0.353 e. The van der Waals surface area contributed by atoms with E-state index in [4.69, 9.17) is 0 Å². The summed E-state index contributed by atoms with van der Waals surface area (Å²) in [6, 6.07) is 0. The second-order valence-corrected chi connectivity index (χ2v) is 7.63. The van der Waals surface area contributed by atoms with E-state index in [9.17, 15) is 9.59 Å². The topological polar surface area (TPSA) is 82.3 Å². The lowest BCUT2D eigenvalue weighted by Gasteiger charge is -2.56. The average molecular weight is 282 g/mol. The molecule has 0 unspecified atom stereocenters. The Bertz CT molecular complexity index is 418. The van der Waals surface area contributed by atoms with Gasteiger partial charge in [-0.2, -0.15) is 0 Å². The van der Waals surface area contributed by atoms with Crippen molar-refractivity contribution in [3.63, 3.8) is 0 Å². The van der Waals surface area contributed by atoms with E-state index in [2.05, 4.69) is 21.3 Å². The maximum Gasteiger partial charge on any atom is 0.242 e. The first-order valence-corrected chi connectivity index (χ1v) is 7.07. The van der Waals surface area contributed by atoms with Crippen LogP contribution in [0.4, 0.5) is 0 Å². The van der Waals surface area contributed by atoms with Crippen molar-refractivity contribution in [2.24, 2.45) is 0 Å². The van der Waals surface area contributed by atoms with Crippen LogP contribution in [0.25, 0.3) is 0 Å². The maximum atomic E-state index is 12.5. The highest BCUT2D eigenvalue weighted by molar-refractivity contribution is 6.00. The average Bonchev–Trinajstić information content (AvgIpc) is 2.28. The number of piperazine rings is 2. The molecule has 0 bridgehead atoms. The first kappa shape index (κ1) is 15.3. The normalized spacial score (nSPS) is 39.9. The van der Waals surface area contributed by atoms with Gasteiger partial charge in [-0.15, -0.1) is 0 Å². The number of amides is 2. The quantitative estimate of drug-likeness (QED) is 0.522. The van der Waals surface area contributed by atoms with Gasteiger partial charge in [0.15, 0.2) is 0 Å². The maximum absolute atomic E-state index is 12.5. The Kier molecular flexibility index (Phi) is 3.19. The molecule has 0 aliphatic carbocycles. The van der Waals surface area contributed by atoms with Crippen LogP contribution in [-0.4, -0.2) is 47.1 Å². The zero-order valence-electron chi connectivity index (χ0n) is 13.2. The van der Waals surface area contributed by atoms with E-state index in [0.29, 0.717) is 13.1 Å². The predicted molar refractivity (Wildman–Crippen MR) is 77.3 cm³/mol. The second-order valence-electron chi connectivity index (χ2n) is 7.63. The molecule has 2 atom stereocenters. The Labute approximate surface area is 120 Å². The summed E-state index contributed by atoms with van der Waals surface area (Å²) in [6.45, 7) is 12.7. The van der Waals surface area contributed by atoms with Gasteiger partial charge < -0.3 is 10.6 Å². The summed E-state index contributed by atoms with van der Waals surface area (Å²) in [4.78, 5) is 24.9. The highest BCUT2D eigenvalue weighted by Crippen LogP contribution is 2.32. The van der Waals surface area contributed by atoms with Crippen molar-refractivity contribution in [3.05, 3.63) is 0 Å². The molecular formula is C14H26N4O2. The summed E-state index contributed by atoms with van der Waals surface area (Å²) >= 11 is 0. The molecule has 0 radical (unpaired) electrons. The number of hydrogen-bond donors (Lipinski definition) is 4. The van der Waals surface area contributed by atoms with E-state index < -0.39 is 11.1 Å². The molecule has 0 aromatic heterocycles. The van der Waals surface area contributed by atoms with Gasteiger partial charge in [0.25, 0.3) is 0 Å². The summed E-state index contributed by atoms with van der Waals surface area (Å²) in [7, 11) is 0. The van der Waals surface area contributed by atoms with Gasteiger partial charge in [-0.05, 0) is 41.5 Å². The van der Waals surface area contributed by atoms with Crippen LogP contribution in [0.1, 0.15) is 41.5 Å². The van der Waals surface area contributed by atoms with Gasteiger partial charge in [0.2, 0.25) is 11.8 Å². The van der Waals surface area contributed by atoms with Crippen LogP contribution in [0.15, 0.2) is 0 Å². The van der Waals surface area contributed by atoms with Crippen molar-refractivity contribution in [2.45, 2.75) is 63.7 Å². The third-order valence-corrected chi connectivity index (χ3v) is 4.47. The fourth-order valence-electron chi connectivity index (χ4n) is 3.22. The van der Waals surface area contributed by atoms with Crippen molar-refractivity contribution in [1.82, 2.24) is 21.3 Å². The molecule has 0 aromatic rings. The number of hydrogen-bond acceptors (Lipinski definition) is 4. The minimum atomic E-state index is -1.02. The molecule has 0 spiro atoms. The lowest BCUT2D eigenvalue weighted by atomic mass is 9.71. The van der Waals surface area contributed by atoms with Gasteiger partial charge in [-0.1, -0.05) is 0 Å². The molecule has 2 saturated heterocycles. The molecule has 2 aliphatic heterocycles. The van der Waals surface area contributed by atoms with E-state index in [1.807, 2.05) is 27.7 Å². The summed E-state index contributed by atoms with van der Waals surface area (Å²) in [5.41, 5.74) is -2.57. The largest absolute Gasteiger partial charge is 0.353 e. The van der Waals surface area contributed by atoms with Gasteiger partial charge in [0.05, 0.1) is 0 Å². The Morgan fingerprint density at radius 3 is 1.30 bits per heavy atom. The molecular weight excluding hydrogens is 256 g/mol. The zero-order valence-corrected chi connectivity index (χ0v) is 13.2. The molecule has 6 nitrogen and oxygen atoms in total. The highest BCUT2D eigenvalue weighted by atomic mass is 16.2. The Balaban J connectivity index is 2.44. The Hall–Kier alpha value is -1.14. The number of nitrogens with one attached hydrogen (secondary N) is 4. The zero-order chi connectivity index (χ0) is 15.4. The molecule has 6 heteroatoms. The SMILES string of the molecule is CC1(C)CNC(=O)[C@@](C)([C@@]2(C)NC(C)(C)CNC2=O)N1.